The zero-order valence-corrected chi connectivity index (χ0v) is 67.8. The van der Waals surface area contributed by atoms with Crippen molar-refractivity contribution in [3.05, 3.63) is 86.1 Å². The first-order valence-corrected chi connectivity index (χ1v) is 43.1. The fourth-order valence-corrected chi connectivity index (χ4v) is 16.3. The number of hydrogen-bond acceptors (Lipinski definition) is 40. The number of nitrogens with zero attached hydrogens (tertiary/aromatic N) is 19. The number of anilines is 2. The van der Waals surface area contributed by atoms with Gasteiger partial charge >= 0.3 is 56.1 Å². The molecule has 6 unspecified atom stereocenters. The van der Waals surface area contributed by atoms with Gasteiger partial charge in [0.1, 0.15) is 134 Å². The van der Waals surface area contributed by atoms with Crippen molar-refractivity contribution in [2.24, 2.45) is 19.2 Å². The molecule has 7 aliphatic rings. The van der Waals surface area contributed by atoms with Crippen molar-refractivity contribution < 1.29 is 193 Å². The maximum Gasteiger partial charge on any atom is 0.470 e. The number of aliphatic hydroxyl groups excluding tert-OH is 10. The Bertz CT molecular complexity index is 5790. The molecule has 7 aliphatic heterocycles. The zero-order valence-electron chi connectivity index (χ0n) is 62.5. The lowest BCUT2D eigenvalue weighted by Crippen LogP contribution is -2.46. The lowest BCUT2D eigenvalue weighted by Gasteiger charge is -2.30. The number of nitrogen functional groups attached to an aromatic ring is 1. The number of phosphoric acid groups is 5. The molecule has 5 fully saturated rings. The van der Waals surface area contributed by atoms with Crippen LogP contribution in [0.4, 0.5) is 11.5 Å². The summed E-state index contributed by atoms with van der Waals surface area (Å²) in [5.41, 5.74) is 9.62. The van der Waals surface area contributed by atoms with Crippen LogP contribution in [0.3, 0.4) is 0 Å². The second-order valence-electron chi connectivity index (χ2n) is 27.6. The fourth-order valence-electron chi connectivity index (χ4n) is 14.1. The van der Waals surface area contributed by atoms with E-state index in [9.17, 15) is 84.2 Å². The molecule has 64 heteroatoms. The number of phosphoric ester groups is 5. The predicted molar refractivity (Wildman–Crippen MR) is 389 cm³/mol. The van der Waals surface area contributed by atoms with Crippen LogP contribution >= 0.6 is 39.1 Å². The van der Waals surface area contributed by atoms with Gasteiger partial charge < -0.3 is 152 Å². The van der Waals surface area contributed by atoms with Crippen LogP contribution in [-0.2, 0) is 95.9 Å². The molecule has 58 nitrogen and oxygen atoms in total. The normalized spacial score (nSPS) is 28.9. The Morgan fingerprint density at radius 1 is 0.525 bits per heavy atom. The molecule has 5 saturated heterocycles. The van der Waals surface area contributed by atoms with Gasteiger partial charge in [-0.05, 0) is 12.1 Å². The summed E-state index contributed by atoms with van der Waals surface area (Å²) in [6, 6.07) is 4.76. The quantitative estimate of drug-likeness (QED) is 0.0164. The topological polar surface area (TPSA) is 835 Å². The SMILES string of the molecule is CC1=NN(C)c2ccnc3c2n1c[n+]3[C@@H]1OC(COP(=O)(O)O)[C@@H](O)[C@H]1O.Cn1c[n+]([C@@H]2OC(COP(=O)(O)O)[C@@H](O)[C@H]2O)c2nccc([O-])c21.Cn1c[n+]([C@@H]2OC(COP(=O)(O)O)[C@@H](O)[C@H]2O)c2nccc([S-])c21.N=c1c2ncn([C@@H]3OC(COP(=O)(O)O)[C@@H](O)[C@H]3O)c2ncn1O.Nc1ncnc2c1nc1n2C2OC([C@@H](O)[C@H]2O)[C@H]1OP(=O)(O)O. The van der Waals surface area contributed by atoms with E-state index in [1.54, 1.807) is 70.8 Å². The van der Waals surface area contributed by atoms with Gasteiger partial charge in [-0.15, -0.1) is 24.9 Å². The Kier molecular flexibility index (Phi) is 26.2. The first kappa shape index (κ1) is 91.5. The van der Waals surface area contributed by atoms with Crippen molar-refractivity contribution in [2.75, 3.05) is 44.2 Å². The standard InChI is InChI=1S/C14H18N5O7P.C12H16N3O8P.C12H16N3O7PS.C10H14N5O8P.C10H12N5O7P/c1-7-16-17(2)8-3-4-15-13-10(8)18(7)6-19(13)14-12(21)11(20)9(26-14)5-25-27(22,23)24;1-14-5-15(11-8(14)6(16)2-3-13-11)12-10(18)9(17)7(23-12)4-22-24(19,20)21;1-14-5-15(11-8(14)7(24)2-3-13-11)12-10(17)9(16)6(22-12)4-21-23(18,19)20;11-8-5-9(13-3-15(8)18)14(2-12-5)10-7(17)6(16)4(23-10)1-22-24(19,20)21;11-7-2-8(13-1-12-7)15-9(14-2)6(22-23(18,19)20)5-3(16)4(17)10(15)21-5/h3-4,6,9,11-12,14,20-21H,5H2,1-2H3,(H-,22,23,24);2-3,5,7,9-10,12,17-18H,4H2,1H3,(H2-,13,16,19,20,21);2-3,5-6,9-10,12,16-17H,4H2,1H3,(H2-,13,18,19,20,24);2-4,6-7,10-11,16-18H,1H2,(H2,19,20,21);1,3-6,10,16-17H,(H2,11,12,13)(H2,18,19,20)/p+1/t9?,11-,12-,14-;7?,9-,10-,12-;6?,9-,10-,12-;4?,6-,7-,10-;3-,4+,5?,6+,10?/m11110/s1. The number of nitrogens with two attached hydrogens (primary N) is 1. The molecule has 0 amide bonds. The van der Waals surface area contributed by atoms with Crippen molar-refractivity contribution in [1.82, 2.24) is 67.4 Å². The molecule has 21 atom stereocenters. The van der Waals surface area contributed by atoms with Crippen molar-refractivity contribution >= 4 is 125 Å². The van der Waals surface area contributed by atoms with Crippen LogP contribution in [0, 0.1) is 5.41 Å². The monoisotopic (exact) mass is 1850 g/mol. The predicted octanol–water partition coefficient (Wildman–Crippen LogP) is -9.29. The molecule has 666 valence electrons. The molecular formula is C58H77N21O37P5S+. The first-order valence-electron chi connectivity index (χ1n) is 35.0. The minimum atomic E-state index is -4.92. The van der Waals surface area contributed by atoms with Crippen LogP contribution in [0.1, 0.15) is 50.0 Å². The summed E-state index contributed by atoms with van der Waals surface area (Å²) < 4.78 is 116. The van der Waals surface area contributed by atoms with E-state index in [2.05, 4.69) is 63.1 Å². The molecule has 17 heterocycles. The summed E-state index contributed by atoms with van der Waals surface area (Å²) in [4.78, 5) is 121. The van der Waals surface area contributed by atoms with Gasteiger partial charge in [0.15, 0.2) is 88.0 Å². The van der Waals surface area contributed by atoms with Gasteiger partial charge in [0.05, 0.1) is 46.9 Å². The third-order valence-electron chi connectivity index (χ3n) is 19.6. The second kappa shape index (κ2) is 35.0. The number of imidazole rings is 5. The van der Waals surface area contributed by atoms with E-state index < -0.39 is 194 Å². The molecule has 10 aromatic rings. The highest BCUT2D eigenvalue weighted by molar-refractivity contribution is 7.59. The molecular weight excluding hydrogens is 1770 g/mol. The molecule has 17 rings (SSSR count). The number of rotatable bonds is 18. The molecule has 0 aliphatic carbocycles. The molecule has 24 N–H and O–H groups in total. The number of fused-ring (bicyclic) bond motifs is 9. The highest BCUT2D eigenvalue weighted by atomic mass is 32.1. The third kappa shape index (κ3) is 18.7. The van der Waals surface area contributed by atoms with Gasteiger partial charge in [0, 0.05) is 20.0 Å². The van der Waals surface area contributed by atoms with E-state index in [1.807, 2.05) is 6.92 Å². The number of aryl methyl sites for hydroxylation is 2. The van der Waals surface area contributed by atoms with Gasteiger partial charge in [0.2, 0.25) is 24.2 Å². The average Bonchev–Trinajstić information content (AvgIpc) is 1.56. The van der Waals surface area contributed by atoms with E-state index in [0.29, 0.717) is 32.3 Å². The molecule has 0 aromatic carbocycles. The van der Waals surface area contributed by atoms with Crippen molar-refractivity contribution in [1.29, 1.82) is 5.41 Å². The van der Waals surface area contributed by atoms with Gasteiger partial charge in [-0.1, -0.05) is 5.75 Å². The summed E-state index contributed by atoms with van der Waals surface area (Å²) in [5.74, 6) is 0.497. The number of nitrogens with one attached hydrogen (secondary N) is 1. The summed E-state index contributed by atoms with van der Waals surface area (Å²) >= 11 is 5.25. The maximum atomic E-state index is 11.9. The summed E-state index contributed by atoms with van der Waals surface area (Å²) in [6.07, 6.45) is -14.0. The Balaban J connectivity index is 0.000000132. The molecule has 2 bridgehead atoms. The number of aliphatic hydroxyl groups is 10. The Hall–Kier alpha value is -8.20. The van der Waals surface area contributed by atoms with Crippen molar-refractivity contribution in [2.45, 2.75) is 141 Å². The maximum absolute atomic E-state index is 11.9. The van der Waals surface area contributed by atoms with E-state index >= 15 is 0 Å². The smallest absolute Gasteiger partial charge is 0.470 e. The molecule has 0 spiro atoms. The second-order valence-corrected chi connectivity index (χ2v) is 34.2. The van der Waals surface area contributed by atoms with Crippen LogP contribution in [0.15, 0.2) is 84.8 Å². The number of ether oxygens (including phenoxy) is 5. The Morgan fingerprint density at radius 3 is 1.50 bits per heavy atom. The average molecular weight is 1850 g/mol. The highest BCUT2D eigenvalue weighted by Crippen LogP contribution is 2.52. The van der Waals surface area contributed by atoms with Gasteiger partial charge in [0.25, 0.3) is 0 Å². The first-order chi connectivity index (χ1) is 57.0. The third-order valence-corrected chi connectivity index (χ3v) is 22.3. The van der Waals surface area contributed by atoms with E-state index in [4.69, 9.17) is 101 Å². The van der Waals surface area contributed by atoms with Crippen LogP contribution < -0.4 is 35.0 Å². The molecule has 0 saturated carbocycles. The van der Waals surface area contributed by atoms with Crippen molar-refractivity contribution in [3.63, 3.8) is 0 Å². The van der Waals surface area contributed by atoms with Crippen LogP contribution in [0.5, 0.6) is 5.75 Å². The van der Waals surface area contributed by atoms with Gasteiger partial charge in [-0.25, -0.2) is 66.0 Å². The van der Waals surface area contributed by atoms with Crippen LogP contribution in [-0.4, -0.2) is 304 Å². The Labute approximate surface area is 684 Å². The van der Waals surface area contributed by atoms with E-state index in [0.717, 1.165) is 17.5 Å². The van der Waals surface area contributed by atoms with Crippen LogP contribution in [0.2, 0.25) is 0 Å². The van der Waals surface area contributed by atoms with Crippen LogP contribution in [0.25, 0.3) is 55.8 Å². The summed E-state index contributed by atoms with van der Waals surface area (Å²) in [7, 11) is -18.7. The van der Waals surface area contributed by atoms with Crippen molar-refractivity contribution in [3.8, 4) is 5.75 Å². The number of hydrogen-bond donors (Lipinski definition) is 23. The highest BCUT2D eigenvalue weighted by Gasteiger charge is 2.57. The summed E-state index contributed by atoms with van der Waals surface area (Å²) in [6.45, 7) is -0.568. The Morgan fingerprint density at radius 2 is 0.984 bits per heavy atom. The minimum Gasteiger partial charge on any atom is -0.870 e. The molecule has 122 heavy (non-hydrogen) atoms. The zero-order chi connectivity index (χ0) is 89.0. The fraction of sp³-hybridized carbons (Fsp3) is 0.500. The van der Waals surface area contributed by atoms with E-state index in [-0.39, 0.29) is 56.4 Å². The number of hydrazone groups is 1. The lowest BCUT2D eigenvalue weighted by atomic mass is 10.1. The molecule has 10 aromatic heterocycles. The summed E-state index contributed by atoms with van der Waals surface area (Å²) in [5, 5.41) is 136. The number of aromatic nitrogens is 17. The van der Waals surface area contributed by atoms with Gasteiger partial charge in [-0.2, -0.15) is 4.73 Å². The largest absolute Gasteiger partial charge is 0.870 e. The lowest BCUT2D eigenvalue weighted by molar-refractivity contribution is -0.746. The molecule has 0 radical (unpaired) electrons. The minimum absolute atomic E-state index is 0.0280. The number of pyridine rings is 3. The van der Waals surface area contributed by atoms with Gasteiger partial charge in [-0.3, -0.25) is 51.3 Å². The van der Waals surface area contributed by atoms with E-state index in [1.165, 1.54) is 60.3 Å².